The summed E-state index contributed by atoms with van der Waals surface area (Å²) in [5.74, 6) is 0.874. The second-order valence-corrected chi connectivity index (χ2v) is 11.6. The number of pyridine rings is 2. The zero-order valence-corrected chi connectivity index (χ0v) is 22.3. The molecule has 2 aromatic heterocycles. The maximum Gasteiger partial charge on any atom is 0.281 e. The molecule has 1 aliphatic rings. The van der Waals surface area contributed by atoms with Gasteiger partial charge in [-0.25, -0.2) is 14.7 Å². The fraction of sp³-hybridized carbons (Fsp3) is 0.393. The van der Waals surface area contributed by atoms with Gasteiger partial charge in [-0.3, -0.25) is 4.79 Å². The summed E-state index contributed by atoms with van der Waals surface area (Å²) >= 11 is 0. The second kappa shape index (κ2) is 10.4. The Morgan fingerprint density at radius 2 is 1.61 bits per heavy atom. The van der Waals surface area contributed by atoms with Gasteiger partial charge < -0.3 is 4.74 Å². The maximum absolute atomic E-state index is 13.2. The number of carbonyl (C=O) groups excluding carboxylic acids is 1. The van der Waals surface area contributed by atoms with Crippen molar-refractivity contribution in [1.82, 2.24) is 14.7 Å². The minimum Gasteiger partial charge on any atom is -0.438 e. The molecule has 1 aromatic carbocycles. The van der Waals surface area contributed by atoms with Crippen molar-refractivity contribution in [1.29, 1.82) is 0 Å². The highest BCUT2D eigenvalue weighted by molar-refractivity contribution is 7.90. The number of carbonyl (C=O) groups is 1. The van der Waals surface area contributed by atoms with Crippen molar-refractivity contribution in [3.63, 3.8) is 0 Å². The van der Waals surface area contributed by atoms with E-state index in [1.54, 1.807) is 25.1 Å². The van der Waals surface area contributed by atoms with Crippen LogP contribution in [0.1, 0.15) is 77.0 Å². The summed E-state index contributed by atoms with van der Waals surface area (Å²) in [6.07, 6.45) is 4.30. The van der Waals surface area contributed by atoms with Crippen LogP contribution in [0.2, 0.25) is 0 Å². The van der Waals surface area contributed by atoms with Crippen molar-refractivity contribution < 1.29 is 17.9 Å². The third-order valence-corrected chi connectivity index (χ3v) is 7.96. The van der Waals surface area contributed by atoms with Gasteiger partial charge in [-0.15, -0.1) is 0 Å². The number of rotatable bonds is 6. The fourth-order valence-corrected chi connectivity index (χ4v) is 5.79. The highest BCUT2D eigenvalue weighted by Gasteiger charge is 2.27. The molecule has 0 bridgehead atoms. The highest BCUT2D eigenvalue weighted by atomic mass is 32.2. The molecule has 0 aliphatic heterocycles. The molecule has 4 rings (SSSR count). The predicted octanol–water partition coefficient (Wildman–Crippen LogP) is 5.91. The summed E-state index contributed by atoms with van der Waals surface area (Å²) in [5, 5.41) is -0.218. The number of aromatic nitrogens is 2. The molecule has 8 heteroatoms. The minimum atomic E-state index is -4.17. The van der Waals surface area contributed by atoms with Crippen LogP contribution in [0.5, 0.6) is 11.6 Å². The molecule has 0 spiro atoms. The average molecular weight is 508 g/mol. The second-order valence-electron chi connectivity index (χ2n) is 9.93. The van der Waals surface area contributed by atoms with Gasteiger partial charge in [0.1, 0.15) is 11.3 Å². The molecule has 1 N–H and O–H groups in total. The van der Waals surface area contributed by atoms with Gasteiger partial charge in [0.05, 0.1) is 0 Å². The molecule has 1 amide bonds. The van der Waals surface area contributed by atoms with Gasteiger partial charge in [-0.1, -0.05) is 43.5 Å². The number of ether oxygens (including phenoxy) is 1. The van der Waals surface area contributed by atoms with Crippen LogP contribution in [0.15, 0.2) is 47.5 Å². The number of hydrogen-bond donors (Lipinski definition) is 1. The number of nitrogens with one attached hydrogen (secondary N) is 1. The number of nitrogens with zero attached hydrogens (tertiary/aromatic N) is 2. The summed E-state index contributed by atoms with van der Waals surface area (Å²) in [6, 6.07) is 12.1. The minimum absolute atomic E-state index is 0.0542. The molecule has 1 aliphatic carbocycles. The molecular weight excluding hydrogens is 474 g/mol. The van der Waals surface area contributed by atoms with Crippen LogP contribution in [-0.2, 0) is 10.0 Å². The van der Waals surface area contributed by atoms with Gasteiger partial charge in [-0.2, -0.15) is 8.42 Å². The van der Waals surface area contributed by atoms with Gasteiger partial charge in [-0.05, 0) is 81.8 Å². The Labute approximate surface area is 213 Å². The van der Waals surface area contributed by atoms with E-state index >= 15 is 0 Å². The molecule has 2 heterocycles. The molecule has 1 saturated carbocycles. The van der Waals surface area contributed by atoms with Gasteiger partial charge in [0, 0.05) is 17.3 Å². The van der Waals surface area contributed by atoms with Crippen molar-refractivity contribution >= 4 is 15.9 Å². The van der Waals surface area contributed by atoms with E-state index in [1.165, 1.54) is 6.07 Å². The lowest BCUT2D eigenvalue weighted by Gasteiger charge is -2.26. The number of benzene rings is 1. The van der Waals surface area contributed by atoms with E-state index in [0.717, 1.165) is 48.1 Å². The number of hydrogen-bond acceptors (Lipinski definition) is 6. The molecule has 0 saturated heterocycles. The molecule has 36 heavy (non-hydrogen) atoms. The standard InChI is InChI=1S/C28H33N3O4S/c1-17-9-11-22(12-10-17)24-14-13-23(27(32)31-36(33,34)25-8-6-7-21(5)29-25)28(30-24)35-26-19(3)15-18(2)16-20(26)4/h6-8,13-17,22H,9-12H2,1-5H3,(H,31,32). The smallest absolute Gasteiger partial charge is 0.281 e. The lowest BCUT2D eigenvalue weighted by Crippen LogP contribution is -2.31. The largest absolute Gasteiger partial charge is 0.438 e. The van der Waals surface area contributed by atoms with Crippen LogP contribution < -0.4 is 9.46 Å². The van der Waals surface area contributed by atoms with Gasteiger partial charge in [0.2, 0.25) is 5.88 Å². The Morgan fingerprint density at radius 3 is 2.25 bits per heavy atom. The van der Waals surface area contributed by atoms with E-state index in [9.17, 15) is 13.2 Å². The van der Waals surface area contributed by atoms with E-state index in [-0.39, 0.29) is 22.4 Å². The van der Waals surface area contributed by atoms with Crippen LogP contribution in [0.25, 0.3) is 0 Å². The Morgan fingerprint density at radius 1 is 0.944 bits per heavy atom. The van der Waals surface area contributed by atoms with E-state index in [4.69, 9.17) is 9.72 Å². The molecular formula is C28H33N3O4S. The molecule has 1 fully saturated rings. The molecule has 0 atom stereocenters. The molecule has 0 radical (unpaired) electrons. The molecule has 190 valence electrons. The first-order valence-corrected chi connectivity index (χ1v) is 13.8. The number of aryl methyl sites for hydroxylation is 4. The first-order valence-electron chi connectivity index (χ1n) is 12.3. The Kier molecular flexibility index (Phi) is 7.45. The Hall–Kier alpha value is -3.26. The van der Waals surface area contributed by atoms with Crippen LogP contribution in [-0.4, -0.2) is 24.3 Å². The zero-order valence-electron chi connectivity index (χ0n) is 21.5. The maximum atomic E-state index is 13.2. The first-order chi connectivity index (χ1) is 17.0. The highest BCUT2D eigenvalue weighted by Crippen LogP contribution is 2.37. The van der Waals surface area contributed by atoms with Crippen molar-refractivity contribution in [3.05, 3.63) is 76.1 Å². The van der Waals surface area contributed by atoms with Gasteiger partial charge in [0.25, 0.3) is 15.9 Å². The van der Waals surface area contributed by atoms with E-state index in [2.05, 4.69) is 16.6 Å². The van der Waals surface area contributed by atoms with Crippen molar-refractivity contribution in [2.24, 2.45) is 5.92 Å². The number of sulfonamides is 1. The van der Waals surface area contributed by atoms with E-state index in [0.29, 0.717) is 17.4 Å². The summed E-state index contributed by atoms with van der Waals surface area (Å²) in [5.41, 5.74) is 4.37. The third-order valence-electron chi connectivity index (χ3n) is 6.73. The topological polar surface area (TPSA) is 98.2 Å². The predicted molar refractivity (Wildman–Crippen MR) is 139 cm³/mol. The third kappa shape index (κ3) is 5.75. The monoisotopic (exact) mass is 507 g/mol. The molecule has 7 nitrogen and oxygen atoms in total. The van der Waals surface area contributed by atoms with E-state index in [1.807, 2.05) is 39.0 Å². The van der Waals surface area contributed by atoms with E-state index < -0.39 is 15.9 Å². The first kappa shape index (κ1) is 25.8. The Bertz CT molecular complexity index is 1370. The normalized spacial score (nSPS) is 18.0. The average Bonchev–Trinajstić information content (AvgIpc) is 2.81. The Balaban J connectivity index is 1.71. The molecule has 3 aromatic rings. The van der Waals surface area contributed by atoms with Crippen LogP contribution in [0.3, 0.4) is 0 Å². The SMILES string of the molecule is Cc1cc(C)c(Oc2nc(C3CCC(C)CC3)ccc2C(=O)NS(=O)(=O)c2cccc(C)n2)c(C)c1. The summed E-state index contributed by atoms with van der Waals surface area (Å²) in [7, 11) is -4.17. The fourth-order valence-electron chi connectivity index (χ4n) is 4.81. The summed E-state index contributed by atoms with van der Waals surface area (Å²) in [6.45, 7) is 9.84. The van der Waals surface area contributed by atoms with Crippen molar-refractivity contribution in [3.8, 4) is 11.6 Å². The van der Waals surface area contributed by atoms with Crippen molar-refractivity contribution in [2.75, 3.05) is 0 Å². The van der Waals surface area contributed by atoms with Crippen molar-refractivity contribution in [2.45, 2.75) is 71.2 Å². The van der Waals surface area contributed by atoms with Gasteiger partial charge >= 0.3 is 0 Å². The quantitative estimate of drug-likeness (QED) is 0.445. The summed E-state index contributed by atoms with van der Waals surface area (Å²) < 4.78 is 34.1. The number of amides is 1. The zero-order chi connectivity index (χ0) is 26.0. The lowest BCUT2D eigenvalue weighted by molar-refractivity contribution is 0.0978. The van der Waals surface area contributed by atoms with Crippen LogP contribution >= 0.6 is 0 Å². The molecule has 0 unspecified atom stereocenters. The summed E-state index contributed by atoms with van der Waals surface area (Å²) in [4.78, 5) is 22.1. The van der Waals surface area contributed by atoms with Crippen LogP contribution in [0.4, 0.5) is 0 Å². The van der Waals surface area contributed by atoms with Gasteiger partial charge in [0.15, 0.2) is 5.03 Å². The lowest BCUT2D eigenvalue weighted by atomic mass is 9.81. The van der Waals surface area contributed by atoms with Crippen LogP contribution in [0, 0.1) is 33.6 Å².